The van der Waals surface area contributed by atoms with Gasteiger partial charge in [-0.3, -0.25) is 9.69 Å². The van der Waals surface area contributed by atoms with Gasteiger partial charge < -0.3 is 9.88 Å². The van der Waals surface area contributed by atoms with Crippen LogP contribution in [-0.4, -0.2) is 40.5 Å². The number of benzene rings is 1. The Morgan fingerprint density at radius 1 is 1.09 bits per heavy atom. The molecule has 2 aromatic rings. The number of hydrogen-bond acceptors (Lipinski definition) is 2. The fourth-order valence-electron chi connectivity index (χ4n) is 6.79. The molecule has 1 aliphatic heterocycles. The van der Waals surface area contributed by atoms with Gasteiger partial charge in [-0.1, -0.05) is 51.7 Å². The number of fused-ring (bicyclic) bond motifs is 2. The molecule has 0 unspecified atom stereocenters. The molecule has 32 heavy (non-hydrogen) atoms. The van der Waals surface area contributed by atoms with E-state index in [1.807, 2.05) is 0 Å². The second-order valence-electron chi connectivity index (χ2n) is 10.6. The molecular weight excluding hydrogens is 394 g/mol. The highest BCUT2D eigenvalue weighted by Crippen LogP contribution is 2.45. The number of carbonyl (C=O) groups is 1. The molecule has 5 rings (SSSR count). The molecule has 1 N–H and O–H groups in total. The Balaban J connectivity index is 1.43. The van der Waals surface area contributed by atoms with E-state index < -0.39 is 0 Å². The minimum absolute atomic E-state index is 0.115. The van der Waals surface area contributed by atoms with Crippen LogP contribution in [0.5, 0.6) is 0 Å². The monoisotopic (exact) mass is 435 g/mol. The molecule has 1 aromatic carbocycles. The first-order chi connectivity index (χ1) is 15.7. The number of rotatable bonds is 7. The summed E-state index contributed by atoms with van der Waals surface area (Å²) in [5.41, 5.74) is 4.43. The third kappa shape index (κ3) is 4.11. The lowest BCUT2D eigenvalue weighted by Crippen LogP contribution is -2.54. The Bertz CT molecular complexity index is 942. The summed E-state index contributed by atoms with van der Waals surface area (Å²) < 4.78 is 2.49. The van der Waals surface area contributed by atoms with Crippen LogP contribution in [0.4, 0.5) is 0 Å². The van der Waals surface area contributed by atoms with Crippen molar-refractivity contribution in [2.45, 2.75) is 103 Å². The third-order valence-corrected chi connectivity index (χ3v) is 8.36. The molecule has 1 amide bonds. The Labute approximate surface area is 193 Å². The van der Waals surface area contributed by atoms with Crippen LogP contribution in [0, 0.1) is 5.92 Å². The van der Waals surface area contributed by atoms with Gasteiger partial charge in [-0.25, -0.2) is 0 Å². The minimum atomic E-state index is 0.115. The van der Waals surface area contributed by atoms with Crippen LogP contribution in [0.25, 0.3) is 10.9 Å². The maximum absolute atomic E-state index is 13.4. The lowest BCUT2D eigenvalue weighted by molar-refractivity contribution is -0.128. The van der Waals surface area contributed by atoms with Crippen molar-refractivity contribution in [3.63, 3.8) is 0 Å². The summed E-state index contributed by atoms with van der Waals surface area (Å²) in [6, 6.07) is 7.86. The highest BCUT2D eigenvalue weighted by atomic mass is 16.2. The van der Waals surface area contributed by atoms with Gasteiger partial charge in [-0.2, -0.15) is 0 Å². The molecule has 0 radical (unpaired) electrons. The standard InChI is InChI=1S/C28H41N3O/c1-3-5-15-31-18-20-17-26-24(23-12-9-13-25(31)27(20)23)16-21(19-30(26)14-4-2)28(32)29-22-10-7-6-8-11-22/h9,12-13,18,21-22,24,26H,3-8,10-11,14-17,19H2,1-2H3,(H,29,32)/t21-,24-,26-/m1/s1. The molecule has 0 bridgehead atoms. The van der Waals surface area contributed by atoms with Crippen LogP contribution in [0.3, 0.4) is 0 Å². The summed E-state index contributed by atoms with van der Waals surface area (Å²) in [5, 5.41) is 4.94. The predicted molar refractivity (Wildman–Crippen MR) is 132 cm³/mol. The fourth-order valence-corrected chi connectivity index (χ4v) is 6.79. The van der Waals surface area contributed by atoms with Crippen molar-refractivity contribution in [3.8, 4) is 0 Å². The molecule has 3 aliphatic rings. The molecule has 1 aromatic heterocycles. The Kier molecular flexibility index (Phi) is 6.59. The van der Waals surface area contributed by atoms with Crippen LogP contribution in [-0.2, 0) is 17.8 Å². The molecule has 1 saturated heterocycles. The molecule has 0 spiro atoms. The van der Waals surface area contributed by atoms with Gasteiger partial charge in [0.1, 0.15) is 0 Å². The van der Waals surface area contributed by atoms with Gasteiger partial charge in [-0.05, 0) is 62.3 Å². The number of nitrogens with zero attached hydrogens (tertiary/aromatic N) is 2. The fraction of sp³-hybridized carbons (Fsp3) is 0.679. The van der Waals surface area contributed by atoms with Gasteiger partial charge in [0, 0.05) is 48.2 Å². The number of aryl methyl sites for hydroxylation is 1. The van der Waals surface area contributed by atoms with E-state index in [1.165, 1.54) is 54.1 Å². The Hall–Kier alpha value is -1.81. The van der Waals surface area contributed by atoms with Crippen molar-refractivity contribution in [1.29, 1.82) is 0 Å². The van der Waals surface area contributed by atoms with E-state index in [0.717, 1.165) is 51.7 Å². The normalized spacial score (nSPS) is 26.2. The van der Waals surface area contributed by atoms with Crippen molar-refractivity contribution in [2.24, 2.45) is 5.92 Å². The first-order valence-electron chi connectivity index (χ1n) is 13.3. The van der Waals surface area contributed by atoms with Crippen molar-refractivity contribution >= 4 is 16.8 Å². The van der Waals surface area contributed by atoms with Crippen LogP contribution in [0.1, 0.15) is 88.7 Å². The zero-order valence-corrected chi connectivity index (χ0v) is 20.1. The van der Waals surface area contributed by atoms with E-state index >= 15 is 0 Å². The lowest BCUT2D eigenvalue weighted by atomic mass is 9.72. The summed E-state index contributed by atoms with van der Waals surface area (Å²) in [7, 11) is 0. The number of likely N-dealkylation sites (tertiary alicyclic amines) is 1. The average molecular weight is 436 g/mol. The summed E-state index contributed by atoms with van der Waals surface area (Å²) >= 11 is 0. The number of nitrogens with one attached hydrogen (secondary N) is 1. The highest BCUT2D eigenvalue weighted by molar-refractivity contribution is 5.89. The predicted octanol–water partition coefficient (Wildman–Crippen LogP) is 5.63. The number of aromatic nitrogens is 1. The van der Waals surface area contributed by atoms with E-state index in [4.69, 9.17) is 0 Å². The highest BCUT2D eigenvalue weighted by Gasteiger charge is 2.42. The second kappa shape index (κ2) is 9.59. The molecule has 3 atom stereocenters. The topological polar surface area (TPSA) is 37.3 Å². The van der Waals surface area contributed by atoms with Crippen LogP contribution < -0.4 is 5.32 Å². The summed E-state index contributed by atoms with van der Waals surface area (Å²) in [6.07, 6.45) is 14.4. The smallest absolute Gasteiger partial charge is 0.224 e. The number of hydrogen-bond donors (Lipinski definition) is 1. The Morgan fingerprint density at radius 2 is 1.94 bits per heavy atom. The molecule has 2 aliphatic carbocycles. The minimum Gasteiger partial charge on any atom is -0.353 e. The summed E-state index contributed by atoms with van der Waals surface area (Å²) in [4.78, 5) is 16.0. The van der Waals surface area contributed by atoms with E-state index in [1.54, 1.807) is 0 Å². The Morgan fingerprint density at radius 3 is 2.72 bits per heavy atom. The summed E-state index contributed by atoms with van der Waals surface area (Å²) in [6.45, 7) is 7.67. The first kappa shape index (κ1) is 22.0. The molecular formula is C28H41N3O. The van der Waals surface area contributed by atoms with Crippen LogP contribution >= 0.6 is 0 Å². The molecule has 174 valence electrons. The van der Waals surface area contributed by atoms with Crippen LogP contribution in [0.15, 0.2) is 24.4 Å². The second-order valence-corrected chi connectivity index (χ2v) is 10.6. The number of carbonyl (C=O) groups excluding carboxylic acids is 1. The first-order valence-corrected chi connectivity index (χ1v) is 13.3. The largest absolute Gasteiger partial charge is 0.353 e. The van der Waals surface area contributed by atoms with E-state index in [9.17, 15) is 4.79 Å². The third-order valence-electron chi connectivity index (χ3n) is 8.36. The molecule has 2 heterocycles. The van der Waals surface area contributed by atoms with Gasteiger partial charge in [0.25, 0.3) is 0 Å². The zero-order chi connectivity index (χ0) is 22.1. The van der Waals surface area contributed by atoms with E-state index in [0.29, 0.717) is 23.9 Å². The van der Waals surface area contributed by atoms with Crippen molar-refractivity contribution in [2.75, 3.05) is 13.1 Å². The average Bonchev–Trinajstić information content (AvgIpc) is 3.17. The van der Waals surface area contributed by atoms with Gasteiger partial charge in [0.2, 0.25) is 5.91 Å². The summed E-state index contributed by atoms with van der Waals surface area (Å²) in [5.74, 6) is 0.897. The van der Waals surface area contributed by atoms with Gasteiger partial charge in [0.15, 0.2) is 0 Å². The van der Waals surface area contributed by atoms with Gasteiger partial charge in [0.05, 0.1) is 5.92 Å². The van der Waals surface area contributed by atoms with E-state index in [2.05, 4.69) is 53.0 Å². The van der Waals surface area contributed by atoms with Crippen molar-refractivity contribution < 1.29 is 4.79 Å². The number of unbranched alkanes of at least 4 members (excludes halogenated alkanes) is 1. The lowest BCUT2D eigenvalue weighted by Gasteiger charge is -2.47. The quantitative estimate of drug-likeness (QED) is 0.612. The van der Waals surface area contributed by atoms with Gasteiger partial charge >= 0.3 is 0 Å². The zero-order valence-electron chi connectivity index (χ0n) is 20.1. The molecule has 4 nitrogen and oxygen atoms in total. The maximum atomic E-state index is 13.4. The van der Waals surface area contributed by atoms with Crippen LogP contribution in [0.2, 0.25) is 0 Å². The van der Waals surface area contributed by atoms with Gasteiger partial charge in [-0.15, -0.1) is 0 Å². The van der Waals surface area contributed by atoms with E-state index in [-0.39, 0.29) is 5.92 Å². The van der Waals surface area contributed by atoms with Crippen molar-refractivity contribution in [1.82, 2.24) is 14.8 Å². The number of amides is 1. The molecule has 2 fully saturated rings. The SMILES string of the molecule is CCCCn1cc2c3c(cccc31)[C@H]1C[C@@H](C(=O)NC3CCCCC3)CN(CCC)[C@@H]1C2. The number of piperidine rings is 1. The molecule has 1 saturated carbocycles. The molecule has 4 heteroatoms. The van der Waals surface area contributed by atoms with Crippen molar-refractivity contribution in [3.05, 3.63) is 35.5 Å². The maximum Gasteiger partial charge on any atom is 0.224 e.